The quantitative estimate of drug-likeness (QED) is 0.0261. The predicted molar refractivity (Wildman–Crippen MR) is 339 cm³/mol. The number of allylic oxidation sites excluding steroid dienone is 9. The van der Waals surface area contributed by atoms with Gasteiger partial charge in [-0.05, 0) is 44.9 Å². The molecule has 78 heavy (non-hydrogen) atoms. The van der Waals surface area contributed by atoms with Crippen molar-refractivity contribution in [3.8, 4) is 0 Å². The van der Waals surface area contributed by atoms with Crippen LogP contribution in [0.25, 0.3) is 0 Å². The van der Waals surface area contributed by atoms with Crippen molar-refractivity contribution < 1.29 is 28.6 Å². The lowest BCUT2D eigenvalue weighted by atomic mass is 10.0. The molecule has 0 bridgehead atoms. The van der Waals surface area contributed by atoms with E-state index in [1.54, 1.807) is 6.08 Å². The number of carbonyl (C=O) groups is 3. The van der Waals surface area contributed by atoms with Crippen LogP contribution in [0.4, 0.5) is 0 Å². The van der Waals surface area contributed by atoms with E-state index < -0.39 is 12.1 Å². The van der Waals surface area contributed by atoms with Gasteiger partial charge in [-0.25, -0.2) is 0 Å². The van der Waals surface area contributed by atoms with Crippen molar-refractivity contribution in [1.29, 1.82) is 0 Å². The van der Waals surface area contributed by atoms with Gasteiger partial charge in [-0.3, -0.25) is 14.4 Å². The number of rotatable bonds is 63. The van der Waals surface area contributed by atoms with Gasteiger partial charge in [0, 0.05) is 12.8 Å². The Labute approximate surface area is 485 Å². The summed E-state index contributed by atoms with van der Waals surface area (Å²) in [6, 6.07) is 0. The molecule has 0 radical (unpaired) electrons. The topological polar surface area (TPSA) is 78.9 Å². The van der Waals surface area contributed by atoms with Crippen molar-refractivity contribution in [2.24, 2.45) is 0 Å². The maximum Gasteiger partial charge on any atom is 0.310 e. The van der Waals surface area contributed by atoms with Crippen LogP contribution < -0.4 is 0 Å². The fourth-order valence-corrected chi connectivity index (χ4v) is 10.2. The molecule has 0 saturated carbocycles. The van der Waals surface area contributed by atoms with E-state index in [4.69, 9.17) is 14.2 Å². The molecule has 1 unspecified atom stereocenters. The van der Waals surface area contributed by atoms with Gasteiger partial charge in [0.05, 0.1) is 6.42 Å². The Balaban J connectivity index is 4.11. The fraction of sp³-hybridized carbons (Fsp3) is 0.819. The van der Waals surface area contributed by atoms with Gasteiger partial charge >= 0.3 is 17.9 Å². The molecule has 0 rings (SSSR count). The van der Waals surface area contributed by atoms with Gasteiger partial charge in [0.15, 0.2) is 6.10 Å². The summed E-state index contributed by atoms with van der Waals surface area (Å²) < 4.78 is 16.8. The van der Waals surface area contributed by atoms with Crippen molar-refractivity contribution >= 4 is 17.9 Å². The van der Waals surface area contributed by atoms with Gasteiger partial charge < -0.3 is 14.2 Å². The molecule has 0 N–H and O–H groups in total. The Morgan fingerprint density at radius 2 is 0.487 bits per heavy atom. The van der Waals surface area contributed by atoms with E-state index in [2.05, 4.69) is 69.4 Å². The molecule has 0 heterocycles. The van der Waals surface area contributed by atoms with Crippen LogP contribution in [0.15, 0.2) is 60.8 Å². The third-order valence-electron chi connectivity index (χ3n) is 15.3. The lowest BCUT2D eigenvalue weighted by Gasteiger charge is -2.18. The Bertz CT molecular complexity index is 1390. The third-order valence-corrected chi connectivity index (χ3v) is 15.3. The Hall–Kier alpha value is -2.89. The highest BCUT2D eigenvalue weighted by Gasteiger charge is 2.19. The molecule has 0 spiro atoms. The van der Waals surface area contributed by atoms with Crippen molar-refractivity contribution in [2.45, 2.75) is 367 Å². The molecule has 0 fully saturated rings. The second-order valence-corrected chi connectivity index (χ2v) is 23.1. The molecule has 0 aliphatic rings. The van der Waals surface area contributed by atoms with E-state index in [0.717, 1.165) is 70.6 Å². The molecule has 0 aromatic rings. The predicted octanol–water partition coefficient (Wildman–Crippen LogP) is 23.5. The van der Waals surface area contributed by atoms with E-state index in [1.165, 1.54) is 250 Å². The summed E-state index contributed by atoms with van der Waals surface area (Å²) in [4.78, 5) is 38.2. The summed E-state index contributed by atoms with van der Waals surface area (Å²) in [7, 11) is 0. The molecule has 0 aromatic carbocycles. The third kappa shape index (κ3) is 63.9. The minimum Gasteiger partial charge on any atom is -0.462 e. The number of hydrogen-bond acceptors (Lipinski definition) is 6. The first-order valence-electron chi connectivity index (χ1n) is 34.3. The normalized spacial score (nSPS) is 12.4. The van der Waals surface area contributed by atoms with Crippen molar-refractivity contribution in [3.05, 3.63) is 60.8 Å². The highest BCUT2D eigenvalue weighted by atomic mass is 16.6. The average Bonchev–Trinajstić information content (AvgIpc) is 3.44. The van der Waals surface area contributed by atoms with Gasteiger partial charge in [0.25, 0.3) is 0 Å². The van der Waals surface area contributed by atoms with Crippen LogP contribution in [0.1, 0.15) is 361 Å². The summed E-state index contributed by atoms with van der Waals surface area (Å²) in [6.07, 6.45) is 85.9. The van der Waals surface area contributed by atoms with Crippen LogP contribution in [0.2, 0.25) is 0 Å². The second kappa shape index (κ2) is 66.6. The molecular formula is C72H130O6. The Morgan fingerprint density at radius 1 is 0.269 bits per heavy atom. The monoisotopic (exact) mass is 1090 g/mol. The van der Waals surface area contributed by atoms with E-state index >= 15 is 0 Å². The van der Waals surface area contributed by atoms with E-state index in [-0.39, 0.29) is 31.6 Å². The smallest absolute Gasteiger partial charge is 0.310 e. The summed E-state index contributed by atoms with van der Waals surface area (Å²) in [5, 5.41) is 0. The zero-order valence-corrected chi connectivity index (χ0v) is 52.2. The van der Waals surface area contributed by atoms with Crippen LogP contribution in [-0.2, 0) is 28.6 Å². The van der Waals surface area contributed by atoms with Crippen LogP contribution >= 0.6 is 0 Å². The van der Waals surface area contributed by atoms with Crippen LogP contribution in [-0.4, -0.2) is 37.2 Å². The zero-order chi connectivity index (χ0) is 56.4. The number of hydrogen-bond donors (Lipinski definition) is 0. The first kappa shape index (κ1) is 75.1. The second-order valence-electron chi connectivity index (χ2n) is 23.1. The summed E-state index contributed by atoms with van der Waals surface area (Å²) in [5.74, 6) is -1.02. The summed E-state index contributed by atoms with van der Waals surface area (Å²) in [6.45, 7) is 6.49. The SMILES string of the molecule is CC/C=C\C/C=C\C/C=C\C/C=C\C/C=C\CC(=O)OC(COC(=O)CCCCCCCCCCCCCC)COC(=O)CCCCCCCCCCCCCCCCCCCCCCCCCCCCCCCCCCC. The fourth-order valence-electron chi connectivity index (χ4n) is 10.2. The van der Waals surface area contributed by atoms with Crippen molar-refractivity contribution in [2.75, 3.05) is 13.2 Å². The minimum absolute atomic E-state index is 0.102. The highest BCUT2D eigenvalue weighted by Crippen LogP contribution is 2.18. The maximum absolute atomic E-state index is 12.8. The molecule has 0 aromatic heterocycles. The molecule has 6 nitrogen and oxygen atoms in total. The molecule has 0 aliphatic heterocycles. The molecule has 0 aliphatic carbocycles. The van der Waals surface area contributed by atoms with Crippen molar-refractivity contribution in [1.82, 2.24) is 0 Å². The molecule has 0 amide bonds. The number of esters is 3. The molecular weight excluding hydrogens is 961 g/mol. The van der Waals surface area contributed by atoms with Gasteiger partial charge in [0.2, 0.25) is 0 Å². The van der Waals surface area contributed by atoms with Gasteiger partial charge in [-0.15, -0.1) is 0 Å². The molecule has 0 saturated heterocycles. The first-order chi connectivity index (χ1) is 38.5. The average molecular weight is 1090 g/mol. The van der Waals surface area contributed by atoms with Gasteiger partial charge in [-0.2, -0.15) is 0 Å². The van der Waals surface area contributed by atoms with Crippen LogP contribution in [0, 0.1) is 0 Å². The van der Waals surface area contributed by atoms with Gasteiger partial charge in [0.1, 0.15) is 13.2 Å². The molecule has 6 heteroatoms. The number of ether oxygens (including phenoxy) is 3. The number of carbonyl (C=O) groups excluding carboxylic acids is 3. The van der Waals surface area contributed by atoms with Crippen LogP contribution in [0.3, 0.4) is 0 Å². The minimum atomic E-state index is -0.826. The highest BCUT2D eigenvalue weighted by molar-refractivity contribution is 5.72. The van der Waals surface area contributed by atoms with E-state index in [1.807, 2.05) is 6.08 Å². The van der Waals surface area contributed by atoms with Gasteiger partial charge in [-0.1, -0.05) is 358 Å². The first-order valence-corrected chi connectivity index (χ1v) is 34.3. The Kier molecular flexibility index (Phi) is 64.2. The Morgan fingerprint density at radius 3 is 0.731 bits per heavy atom. The summed E-state index contributed by atoms with van der Waals surface area (Å²) in [5.41, 5.74) is 0. The standard InChI is InChI=1S/C72H130O6/c1-4-7-10-13-16-19-22-25-27-28-29-30-31-32-33-34-35-36-37-38-39-40-41-42-43-44-46-47-50-53-56-59-62-65-71(74)77-68-69(67-76-70(73)64-61-58-55-52-49-24-21-18-15-12-9-6-3)78-72(75)66-63-60-57-54-51-48-45-26-23-20-17-14-11-8-5-2/h8,11,17,20,26,45,51,54,60,63,69H,4-7,9-10,12-16,18-19,21-25,27-44,46-50,52-53,55-59,61-62,64-68H2,1-3H3/b11-8-,20-17-,45-26-,54-51-,63-60-. The van der Waals surface area contributed by atoms with Crippen LogP contribution in [0.5, 0.6) is 0 Å². The van der Waals surface area contributed by atoms with E-state index in [0.29, 0.717) is 12.8 Å². The molecule has 1 atom stereocenters. The maximum atomic E-state index is 12.8. The van der Waals surface area contributed by atoms with Crippen molar-refractivity contribution in [3.63, 3.8) is 0 Å². The zero-order valence-electron chi connectivity index (χ0n) is 52.2. The number of unbranched alkanes of at least 4 members (excludes halogenated alkanes) is 43. The largest absolute Gasteiger partial charge is 0.462 e. The lowest BCUT2D eigenvalue weighted by molar-refractivity contribution is -0.166. The lowest BCUT2D eigenvalue weighted by Crippen LogP contribution is -2.30. The molecule has 454 valence electrons. The van der Waals surface area contributed by atoms with E-state index in [9.17, 15) is 14.4 Å². The summed E-state index contributed by atoms with van der Waals surface area (Å²) >= 11 is 0.